The maximum Gasteiger partial charge on any atom is 0.322 e. The van der Waals surface area contributed by atoms with Crippen molar-refractivity contribution in [1.82, 2.24) is 15.3 Å². The lowest BCUT2D eigenvalue weighted by molar-refractivity contribution is -0.135. The zero-order valence-corrected chi connectivity index (χ0v) is 15.9. The summed E-state index contributed by atoms with van der Waals surface area (Å²) >= 11 is 0. The Bertz CT molecular complexity index is 1070. The van der Waals surface area contributed by atoms with Crippen LogP contribution >= 0.6 is 0 Å². The second-order valence-electron chi connectivity index (χ2n) is 7.45. The summed E-state index contributed by atoms with van der Waals surface area (Å²) in [6.45, 7) is 5.79. The van der Waals surface area contributed by atoms with Gasteiger partial charge in [0.2, 0.25) is 0 Å². The van der Waals surface area contributed by atoms with E-state index in [0.717, 1.165) is 11.1 Å². The van der Waals surface area contributed by atoms with Crippen LogP contribution in [-0.4, -0.2) is 38.6 Å². The largest absolute Gasteiger partial charge is 0.507 e. The van der Waals surface area contributed by atoms with Crippen LogP contribution in [0.25, 0.3) is 22.3 Å². The first-order valence-electron chi connectivity index (χ1n) is 8.77. The van der Waals surface area contributed by atoms with Crippen LogP contribution in [0.15, 0.2) is 42.6 Å². The van der Waals surface area contributed by atoms with Crippen molar-refractivity contribution < 1.29 is 19.8 Å². The highest BCUT2D eigenvalue weighted by Crippen LogP contribution is 2.33. The summed E-state index contributed by atoms with van der Waals surface area (Å²) in [5.41, 5.74) is 3.16. The number of nitrogens with one attached hydrogen (secondary N) is 1. The van der Waals surface area contributed by atoms with Gasteiger partial charge < -0.3 is 15.5 Å². The molecule has 0 aliphatic rings. The van der Waals surface area contributed by atoms with Crippen molar-refractivity contribution in [3.05, 3.63) is 53.7 Å². The average molecular weight is 379 g/mol. The third-order valence-electron chi connectivity index (χ3n) is 4.33. The van der Waals surface area contributed by atoms with Gasteiger partial charge in [-0.05, 0) is 23.1 Å². The molecule has 0 saturated carbocycles. The van der Waals surface area contributed by atoms with Gasteiger partial charge in [-0.2, -0.15) is 0 Å². The normalized spacial score (nSPS) is 11.4. The lowest BCUT2D eigenvalue weighted by atomic mass is 9.83. The Balaban J connectivity index is 2.11. The number of carbonyl (C=O) groups is 2. The van der Waals surface area contributed by atoms with Gasteiger partial charge in [-0.3, -0.25) is 14.6 Å². The number of aliphatic carboxylic acids is 1. The summed E-state index contributed by atoms with van der Waals surface area (Å²) in [6.07, 6.45) is 1.56. The van der Waals surface area contributed by atoms with E-state index in [4.69, 9.17) is 5.11 Å². The minimum atomic E-state index is -1.18. The van der Waals surface area contributed by atoms with Gasteiger partial charge in [-0.25, -0.2) is 4.98 Å². The summed E-state index contributed by atoms with van der Waals surface area (Å²) in [6, 6.07) is 10.8. The average Bonchev–Trinajstić information content (AvgIpc) is 2.65. The van der Waals surface area contributed by atoms with Crippen LogP contribution in [0.3, 0.4) is 0 Å². The molecule has 0 atom stereocenters. The van der Waals surface area contributed by atoms with E-state index in [-0.39, 0.29) is 22.2 Å². The molecule has 1 aromatic heterocycles. The number of benzene rings is 2. The van der Waals surface area contributed by atoms with Gasteiger partial charge in [0, 0.05) is 5.56 Å². The lowest BCUT2D eigenvalue weighted by Gasteiger charge is -2.22. The smallest absolute Gasteiger partial charge is 0.322 e. The molecule has 2 aromatic carbocycles. The molecule has 3 aromatic rings. The first-order valence-corrected chi connectivity index (χ1v) is 8.77. The van der Waals surface area contributed by atoms with Crippen molar-refractivity contribution in [3.8, 4) is 17.0 Å². The highest BCUT2D eigenvalue weighted by molar-refractivity contribution is 6.08. The number of aromatic nitrogens is 2. The first kappa shape index (κ1) is 19.3. The van der Waals surface area contributed by atoms with Crippen LogP contribution < -0.4 is 5.32 Å². The molecule has 144 valence electrons. The molecule has 28 heavy (non-hydrogen) atoms. The van der Waals surface area contributed by atoms with E-state index in [1.807, 2.05) is 24.3 Å². The second kappa shape index (κ2) is 7.26. The fourth-order valence-corrected chi connectivity index (χ4v) is 3.03. The van der Waals surface area contributed by atoms with Gasteiger partial charge in [-0.15, -0.1) is 0 Å². The van der Waals surface area contributed by atoms with E-state index >= 15 is 0 Å². The monoisotopic (exact) mass is 379 g/mol. The zero-order valence-electron chi connectivity index (χ0n) is 15.9. The predicted molar refractivity (Wildman–Crippen MR) is 105 cm³/mol. The zero-order chi connectivity index (χ0) is 20.5. The summed E-state index contributed by atoms with van der Waals surface area (Å²) < 4.78 is 0. The molecule has 0 fully saturated rings. The number of fused-ring (bicyclic) bond motifs is 1. The molecule has 0 unspecified atom stereocenters. The van der Waals surface area contributed by atoms with Crippen LogP contribution in [0.4, 0.5) is 0 Å². The number of hydrogen-bond donors (Lipinski definition) is 3. The maximum atomic E-state index is 12.3. The molecular weight excluding hydrogens is 358 g/mol. The highest BCUT2D eigenvalue weighted by atomic mass is 16.4. The Morgan fingerprint density at radius 3 is 2.50 bits per heavy atom. The molecule has 3 rings (SSSR count). The molecule has 0 radical (unpaired) electrons. The quantitative estimate of drug-likeness (QED) is 0.642. The maximum absolute atomic E-state index is 12.3. The van der Waals surface area contributed by atoms with Crippen LogP contribution in [0, 0.1) is 0 Å². The van der Waals surface area contributed by atoms with Crippen molar-refractivity contribution in [2.24, 2.45) is 0 Å². The third-order valence-corrected chi connectivity index (χ3v) is 4.33. The highest BCUT2D eigenvalue weighted by Gasteiger charge is 2.21. The van der Waals surface area contributed by atoms with E-state index in [1.54, 1.807) is 12.3 Å². The van der Waals surface area contributed by atoms with Crippen molar-refractivity contribution in [3.63, 3.8) is 0 Å². The number of phenols is 1. The summed E-state index contributed by atoms with van der Waals surface area (Å²) in [7, 11) is 0. The van der Waals surface area contributed by atoms with Crippen molar-refractivity contribution >= 4 is 22.9 Å². The first-order chi connectivity index (χ1) is 13.2. The molecule has 7 nitrogen and oxygen atoms in total. The molecule has 1 heterocycles. The van der Waals surface area contributed by atoms with Crippen molar-refractivity contribution in [2.45, 2.75) is 26.2 Å². The van der Waals surface area contributed by atoms with Gasteiger partial charge in [0.1, 0.15) is 23.4 Å². The Kier molecular flexibility index (Phi) is 5.00. The number of carboxylic acids is 1. The van der Waals surface area contributed by atoms with Gasteiger partial charge in [-0.1, -0.05) is 45.0 Å². The molecular formula is C21H21N3O4. The molecule has 7 heteroatoms. The van der Waals surface area contributed by atoms with Crippen LogP contribution in [-0.2, 0) is 10.2 Å². The molecule has 1 amide bonds. The van der Waals surface area contributed by atoms with Gasteiger partial charge in [0.15, 0.2) is 0 Å². The standard InChI is InChI=1S/C21H21N3O4/c1-21(2,3)13-7-5-4-6-12(13)15-10-22-19-14(24-15)8-9-16(25)18(19)20(28)23-11-17(26)27/h4-10,25H,11H2,1-3H3,(H,23,28)(H,26,27). The number of nitrogens with zero attached hydrogens (tertiary/aromatic N) is 2. The van der Waals surface area contributed by atoms with E-state index in [2.05, 4.69) is 36.1 Å². The Morgan fingerprint density at radius 1 is 1.11 bits per heavy atom. The number of phenolic OH excluding ortho intramolecular Hbond substituents is 1. The SMILES string of the molecule is CC(C)(C)c1ccccc1-c1cnc2c(C(=O)NCC(=O)O)c(O)ccc2n1. The summed E-state index contributed by atoms with van der Waals surface area (Å²) in [4.78, 5) is 32.0. The van der Waals surface area contributed by atoms with E-state index in [9.17, 15) is 14.7 Å². The topological polar surface area (TPSA) is 112 Å². The van der Waals surface area contributed by atoms with Gasteiger partial charge >= 0.3 is 5.97 Å². The number of amides is 1. The fourth-order valence-electron chi connectivity index (χ4n) is 3.03. The number of carboxylic acid groups (broad SMARTS) is 1. The summed E-state index contributed by atoms with van der Waals surface area (Å²) in [5, 5.41) is 21.1. The molecule has 3 N–H and O–H groups in total. The molecule has 0 bridgehead atoms. The number of aromatic hydroxyl groups is 1. The van der Waals surface area contributed by atoms with Crippen LogP contribution in [0.5, 0.6) is 5.75 Å². The Hall–Kier alpha value is -3.48. The van der Waals surface area contributed by atoms with E-state index < -0.39 is 18.4 Å². The molecule has 0 aliphatic heterocycles. The van der Waals surface area contributed by atoms with Crippen LogP contribution in [0.1, 0.15) is 36.7 Å². The van der Waals surface area contributed by atoms with Crippen LogP contribution in [0.2, 0.25) is 0 Å². The van der Waals surface area contributed by atoms with Crippen molar-refractivity contribution in [1.29, 1.82) is 0 Å². The lowest BCUT2D eigenvalue weighted by Crippen LogP contribution is -2.29. The predicted octanol–water partition coefficient (Wildman–Crippen LogP) is 3.11. The number of hydrogen-bond acceptors (Lipinski definition) is 5. The van der Waals surface area contributed by atoms with Gasteiger partial charge in [0.25, 0.3) is 5.91 Å². The fraction of sp³-hybridized carbons (Fsp3) is 0.238. The molecule has 0 saturated heterocycles. The second-order valence-corrected chi connectivity index (χ2v) is 7.45. The third kappa shape index (κ3) is 3.78. The van der Waals surface area contributed by atoms with Crippen molar-refractivity contribution in [2.75, 3.05) is 6.54 Å². The minimum absolute atomic E-state index is 0.0932. The Morgan fingerprint density at radius 2 is 1.82 bits per heavy atom. The van der Waals surface area contributed by atoms with Gasteiger partial charge in [0.05, 0.1) is 17.4 Å². The Labute approximate surface area is 162 Å². The van der Waals surface area contributed by atoms with E-state index in [0.29, 0.717) is 11.2 Å². The number of carbonyl (C=O) groups excluding carboxylic acids is 1. The summed E-state index contributed by atoms with van der Waals surface area (Å²) in [5.74, 6) is -2.18. The minimum Gasteiger partial charge on any atom is -0.507 e. The van der Waals surface area contributed by atoms with E-state index in [1.165, 1.54) is 6.07 Å². The molecule has 0 aliphatic carbocycles. The molecule has 0 spiro atoms. The number of rotatable bonds is 4.